The SMILES string of the molecule is COc1ccccc1OCCC(=O)N1CCN(C(=O)CC[C@H](NC(=O)OCc2ccccc2)C(=O)O)CC1. The van der Waals surface area contributed by atoms with Gasteiger partial charge in [-0.2, -0.15) is 0 Å². The fourth-order valence-corrected chi connectivity index (χ4v) is 3.94. The van der Waals surface area contributed by atoms with Gasteiger partial charge in [-0.15, -0.1) is 0 Å². The second kappa shape index (κ2) is 14.5. The molecule has 1 aliphatic rings. The number of methoxy groups -OCH3 is 1. The van der Waals surface area contributed by atoms with Gasteiger partial charge in [-0.1, -0.05) is 42.5 Å². The lowest BCUT2D eigenvalue weighted by atomic mass is 10.1. The average Bonchev–Trinajstić information content (AvgIpc) is 2.94. The number of benzene rings is 2. The van der Waals surface area contributed by atoms with Crippen molar-refractivity contribution in [2.75, 3.05) is 39.9 Å². The highest BCUT2D eigenvalue weighted by Gasteiger charge is 2.27. The summed E-state index contributed by atoms with van der Waals surface area (Å²) in [6.07, 6.45) is -0.807. The maximum Gasteiger partial charge on any atom is 0.408 e. The first-order chi connectivity index (χ1) is 18.4. The molecule has 3 rings (SSSR count). The number of hydrogen-bond donors (Lipinski definition) is 2. The molecule has 11 heteroatoms. The molecule has 1 heterocycles. The Labute approximate surface area is 221 Å². The Balaban J connectivity index is 1.36. The molecule has 0 aliphatic carbocycles. The molecule has 0 aromatic heterocycles. The van der Waals surface area contributed by atoms with E-state index >= 15 is 0 Å². The molecule has 11 nitrogen and oxygen atoms in total. The molecule has 2 aromatic carbocycles. The molecule has 2 N–H and O–H groups in total. The summed E-state index contributed by atoms with van der Waals surface area (Å²) >= 11 is 0. The van der Waals surface area contributed by atoms with Crippen LogP contribution < -0.4 is 14.8 Å². The van der Waals surface area contributed by atoms with E-state index in [0.29, 0.717) is 37.7 Å². The van der Waals surface area contributed by atoms with Gasteiger partial charge in [-0.25, -0.2) is 9.59 Å². The van der Waals surface area contributed by atoms with Gasteiger partial charge in [-0.05, 0) is 24.1 Å². The van der Waals surface area contributed by atoms with Crippen LogP contribution >= 0.6 is 0 Å². The highest BCUT2D eigenvalue weighted by Crippen LogP contribution is 2.25. The first-order valence-corrected chi connectivity index (χ1v) is 12.4. The second-order valence-electron chi connectivity index (χ2n) is 8.65. The summed E-state index contributed by atoms with van der Waals surface area (Å²) in [6, 6.07) is 14.9. The van der Waals surface area contributed by atoms with Crippen molar-refractivity contribution in [1.82, 2.24) is 15.1 Å². The molecule has 0 radical (unpaired) electrons. The molecule has 1 saturated heterocycles. The summed E-state index contributed by atoms with van der Waals surface area (Å²) in [5.41, 5.74) is 0.770. The number of amides is 3. The van der Waals surface area contributed by atoms with E-state index in [-0.39, 0.29) is 44.3 Å². The molecule has 204 valence electrons. The van der Waals surface area contributed by atoms with Crippen molar-refractivity contribution in [3.8, 4) is 11.5 Å². The van der Waals surface area contributed by atoms with Crippen molar-refractivity contribution in [1.29, 1.82) is 0 Å². The Morgan fingerprint density at radius 1 is 0.868 bits per heavy atom. The Bertz CT molecular complexity index is 1090. The van der Waals surface area contributed by atoms with Crippen LogP contribution in [0.25, 0.3) is 0 Å². The Morgan fingerprint density at radius 3 is 2.05 bits per heavy atom. The van der Waals surface area contributed by atoms with Gasteiger partial charge in [-0.3, -0.25) is 9.59 Å². The summed E-state index contributed by atoms with van der Waals surface area (Å²) < 4.78 is 16.0. The number of carboxylic acids is 1. The molecule has 0 saturated carbocycles. The molecule has 0 unspecified atom stereocenters. The second-order valence-corrected chi connectivity index (χ2v) is 8.65. The van der Waals surface area contributed by atoms with Crippen LogP contribution in [0, 0.1) is 0 Å². The fraction of sp³-hybridized carbons (Fsp3) is 0.407. The molecule has 0 bridgehead atoms. The molecular weight excluding hydrogens is 494 g/mol. The van der Waals surface area contributed by atoms with Crippen LogP contribution in [0.15, 0.2) is 54.6 Å². The molecular formula is C27H33N3O8. The van der Waals surface area contributed by atoms with Gasteiger partial charge in [0, 0.05) is 32.6 Å². The summed E-state index contributed by atoms with van der Waals surface area (Å²) in [4.78, 5) is 52.1. The van der Waals surface area contributed by atoms with Crippen molar-refractivity contribution in [3.63, 3.8) is 0 Å². The van der Waals surface area contributed by atoms with Gasteiger partial charge >= 0.3 is 12.1 Å². The zero-order chi connectivity index (χ0) is 27.3. The van der Waals surface area contributed by atoms with Crippen LogP contribution in [0.2, 0.25) is 0 Å². The number of aliphatic carboxylic acids is 1. The van der Waals surface area contributed by atoms with Crippen LogP contribution in [0.1, 0.15) is 24.8 Å². The van der Waals surface area contributed by atoms with Crippen molar-refractivity contribution >= 4 is 23.9 Å². The largest absolute Gasteiger partial charge is 0.493 e. The van der Waals surface area contributed by atoms with Crippen molar-refractivity contribution < 1.29 is 38.5 Å². The minimum Gasteiger partial charge on any atom is -0.493 e. The van der Waals surface area contributed by atoms with Crippen LogP contribution in [-0.2, 0) is 25.7 Å². The Hall–Kier alpha value is -4.28. The average molecular weight is 528 g/mol. The lowest BCUT2D eigenvalue weighted by molar-refractivity contribution is -0.141. The minimum absolute atomic E-state index is 0.00745. The first kappa shape index (κ1) is 28.3. The van der Waals surface area contributed by atoms with E-state index in [1.54, 1.807) is 53.3 Å². The van der Waals surface area contributed by atoms with Crippen LogP contribution in [-0.4, -0.2) is 84.7 Å². The summed E-state index contributed by atoms with van der Waals surface area (Å²) in [5.74, 6) is -0.396. The van der Waals surface area contributed by atoms with Crippen LogP contribution in [0.5, 0.6) is 11.5 Å². The molecule has 2 aromatic rings. The molecule has 1 atom stereocenters. The lowest BCUT2D eigenvalue weighted by Crippen LogP contribution is -2.51. The predicted molar refractivity (Wildman–Crippen MR) is 137 cm³/mol. The standard InChI is InChI=1S/C27H33N3O8/c1-36-22-9-5-6-10-23(22)37-18-13-25(32)30-16-14-29(15-17-30)24(31)12-11-21(26(33)34)28-27(35)38-19-20-7-3-2-4-8-20/h2-10,21H,11-19H2,1H3,(H,28,35)(H,33,34)/t21-/m0/s1. The van der Waals surface area contributed by atoms with Crippen LogP contribution in [0.3, 0.4) is 0 Å². The van der Waals surface area contributed by atoms with Crippen molar-refractivity contribution in [3.05, 3.63) is 60.2 Å². The monoisotopic (exact) mass is 527 g/mol. The number of carbonyl (C=O) groups excluding carboxylic acids is 3. The number of hydrogen-bond acceptors (Lipinski definition) is 7. The van der Waals surface area contributed by atoms with E-state index in [1.165, 1.54) is 0 Å². The number of rotatable bonds is 12. The lowest BCUT2D eigenvalue weighted by Gasteiger charge is -2.35. The topological polar surface area (TPSA) is 135 Å². The fourth-order valence-electron chi connectivity index (χ4n) is 3.94. The summed E-state index contributed by atoms with van der Waals surface area (Å²) in [7, 11) is 1.55. The van der Waals surface area contributed by atoms with Gasteiger partial charge < -0.3 is 34.4 Å². The number of para-hydroxylation sites is 2. The van der Waals surface area contributed by atoms with E-state index < -0.39 is 18.1 Å². The first-order valence-electron chi connectivity index (χ1n) is 12.4. The van der Waals surface area contributed by atoms with Gasteiger partial charge in [0.15, 0.2) is 11.5 Å². The number of carbonyl (C=O) groups is 4. The van der Waals surface area contributed by atoms with E-state index in [9.17, 15) is 24.3 Å². The molecule has 1 aliphatic heterocycles. The number of nitrogens with one attached hydrogen (secondary N) is 1. The van der Waals surface area contributed by atoms with Crippen molar-refractivity contribution in [2.24, 2.45) is 0 Å². The van der Waals surface area contributed by atoms with E-state index in [1.807, 2.05) is 18.2 Å². The number of nitrogens with zero attached hydrogens (tertiary/aromatic N) is 2. The molecule has 3 amide bonds. The van der Waals surface area contributed by atoms with E-state index in [4.69, 9.17) is 14.2 Å². The predicted octanol–water partition coefficient (Wildman–Crippen LogP) is 2.29. The summed E-state index contributed by atoms with van der Waals surface area (Å²) in [5, 5.41) is 11.7. The highest BCUT2D eigenvalue weighted by atomic mass is 16.5. The quantitative estimate of drug-likeness (QED) is 0.429. The van der Waals surface area contributed by atoms with Gasteiger partial charge in [0.2, 0.25) is 11.8 Å². The zero-order valence-electron chi connectivity index (χ0n) is 21.3. The third kappa shape index (κ3) is 8.68. The maximum atomic E-state index is 12.6. The third-order valence-corrected chi connectivity index (χ3v) is 6.08. The zero-order valence-corrected chi connectivity index (χ0v) is 21.3. The van der Waals surface area contributed by atoms with Crippen LogP contribution in [0.4, 0.5) is 4.79 Å². The van der Waals surface area contributed by atoms with E-state index in [0.717, 1.165) is 5.56 Å². The maximum absolute atomic E-state index is 12.6. The molecule has 38 heavy (non-hydrogen) atoms. The normalized spacial score (nSPS) is 13.8. The number of piperazine rings is 1. The van der Waals surface area contributed by atoms with Gasteiger partial charge in [0.1, 0.15) is 12.6 Å². The Kier molecular flexibility index (Phi) is 10.8. The number of carboxylic acid groups (broad SMARTS) is 1. The molecule has 1 fully saturated rings. The molecule has 0 spiro atoms. The summed E-state index contributed by atoms with van der Waals surface area (Å²) in [6.45, 7) is 1.67. The highest BCUT2D eigenvalue weighted by molar-refractivity contribution is 5.82. The number of ether oxygens (including phenoxy) is 3. The number of alkyl carbamates (subject to hydrolysis) is 1. The van der Waals surface area contributed by atoms with E-state index in [2.05, 4.69) is 5.32 Å². The Morgan fingerprint density at radius 2 is 1.45 bits per heavy atom. The van der Waals surface area contributed by atoms with Gasteiger partial charge in [0.05, 0.1) is 20.1 Å². The minimum atomic E-state index is -1.26. The smallest absolute Gasteiger partial charge is 0.408 e. The third-order valence-electron chi connectivity index (χ3n) is 6.08. The van der Waals surface area contributed by atoms with Crippen molar-refractivity contribution in [2.45, 2.75) is 31.9 Å². The van der Waals surface area contributed by atoms with Gasteiger partial charge in [0.25, 0.3) is 0 Å².